The summed E-state index contributed by atoms with van der Waals surface area (Å²) in [5, 5.41) is 0. The van der Waals surface area contributed by atoms with Crippen LogP contribution in [0.3, 0.4) is 0 Å². The van der Waals surface area contributed by atoms with Crippen LogP contribution in [0.2, 0.25) is 0 Å². The highest BCUT2D eigenvalue weighted by Gasteiger charge is 2.22. The van der Waals surface area contributed by atoms with Crippen molar-refractivity contribution in [2.24, 2.45) is 11.3 Å². The minimum Gasteiger partial charge on any atom is -0.345 e. The third kappa shape index (κ3) is 7.37. The molecule has 0 aliphatic heterocycles. The van der Waals surface area contributed by atoms with Crippen molar-refractivity contribution in [3.63, 3.8) is 0 Å². The molecule has 1 atom stereocenters. The number of hydrogen-bond acceptors (Lipinski definition) is 1. The maximum atomic E-state index is 13.4. The average molecular weight is 435 g/mol. The van der Waals surface area contributed by atoms with Gasteiger partial charge in [0.2, 0.25) is 5.91 Å². The molecular formula is C28H35FN2O. The molecule has 32 heavy (non-hydrogen) atoms. The Labute approximate surface area is 191 Å². The molecule has 4 heteroatoms. The Morgan fingerprint density at radius 2 is 1.62 bits per heavy atom. The first-order valence-electron chi connectivity index (χ1n) is 11.4. The van der Waals surface area contributed by atoms with Gasteiger partial charge in [-0.25, -0.2) is 4.39 Å². The van der Waals surface area contributed by atoms with Crippen molar-refractivity contribution in [1.29, 1.82) is 0 Å². The number of hydrogen-bond donors (Lipinski definition) is 0. The summed E-state index contributed by atoms with van der Waals surface area (Å²) in [4.78, 5) is 15.3. The van der Waals surface area contributed by atoms with Gasteiger partial charge in [0.25, 0.3) is 0 Å². The normalized spacial score (nSPS) is 12.5. The van der Waals surface area contributed by atoms with Crippen molar-refractivity contribution in [1.82, 2.24) is 9.47 Å². The Morgan fingerprint density at radius 1 is 0.938 bits per heavy atom. The molecule has 0 N–H and O–H groups in total. The Morgan fingerprint density at radius 3 is 2.28 bits per heavy atom. The van der Waals surface area contributed by atoms with Gasteiger partial charge >= 0.3 is 0 Å². The summed E-state index contributed by atoms with van der Waals surface area (Å²) in [6, 6.07) is 20.8. The van der Waals surface area contributed by atoms with Crippen LogP contribution in [-0.4, -0.2) is 15.4 Å². The maximum absolute atomic E-state index is 13.4. The van der Waals surface area contributed by atoms with Gasteiger partial charge in [0.05, 0.1) is 6.54 Å². The molecule has 0 bridgehead atoms. The fourth-order valence-corrected chi connectivity index (χ4v) is 4.31. The summed E-state index contributed by atoms with van der Waals surface area (Å²) < 4.78 is 15.4. The van der Waals surface area contributed by atoms with E-state index in [0.29, 0.717) is 32.0 Å². The lowest BCUT2D eigenvalue weighted by Gasteiger charge is -2.27. The largest absolute Gasteiger partial charge is 0.345 e. The highest BCUT2D eigenvalue weighted by atomic mass is 19.1. The van der Waals surface area contributed by atoms with Gasteiger partial charge in [0.15, 0.2) is 0 Å². The SMILES string of the molecule is CC(CC(=O)N(Cc1ccccc1)Cc1cccn1Cc1ccc(F)cc1)CC(C)(C)C. The molecule has 2 aromatic carbocycles. The standard InChI is InChI=1S/C28H35FN2O/c1-22(18-28(2,3)4)17-27(32)31(20-23-9-6-5-7-10-23)21-26-11-8-16-30(26)19-24-12-14-25(29)15-13-24/h5-16,22H,17-21H2,1-4H3. The van der Waals surface area contributed by atoms with Crippen LogP contribution in [0.4, 0.5) is 4.39 Å². The number of nitrogens with zero attached hydrogens (tertiary/aromatic N) is 2. The fraction of sp³-hybridized carbons (Fsp3) is 0.393. The van der Waals surface area contributed by atoms with Crippen LogP contribution in [0.25, 0.3) is 0 Å². The highest BCUT2D eigenvalue weighted by Crippen LogP contribution is 2.27. The Kier molecular flexibility index (Phi) is 7.89. The van der Waals surface area contributed by atoms with E-state index in [1.54, 1.807) is 12.1 Å². The number of aromatic nitrogens is 1. The van der Waals surface area contributed by atoms with Gasteiger partial charge in [-0.05, 0) is 53.1 Å². The van der Waals surface area contributed by atoms with E-state index in [1.165, 1.54) is 12.1 Å². The quantitative estimate of drug-likeness (QED) is 0.369. The van der Waals surface area contributed by atoms with Crippen molar-refractivity contribution >= 4 is 5.91 Å². The first-order chi connectivity index (χ1) is 15.2. The number of amides is 1. The predicted octanol–water partition coefficient (Wildman–Crippen LogP) is 6.67. The van der Waals surface area contributed by atoms with Crippen molar-refractivity contribution in [3.8, 4) is 0 Å². The van der Waals surface area contributed by atoms with E-state index in [4.69, 9.17) is 0 Å². The van der Waals surface area contributed by atoms with Crippen LogP contribution in [0.15, 0.2) is 72.9 Å². The van der Waals surface area contributed by atoms with Gasteiger partial charge in [-0.3, -0.25) is 4.79 Å². The van der Waals surface area contributed by atoms with Crippen molar-refractivity contribution in [2.45, 2.75) is 60.2 Å². The zero-order valence-corrected chi connectivity index (χ0v) is 19.7. The minimum absolute atomic E-state index is 0.181. The smallest absolute Gasteiger partial charge is 0.223 e. The Bertz CT molecular complexity index is 986. The van der Waals surface area contributed by atoms with Crippen LogP contribution in [0, 0.1) is 17.2 Å². The average Bonchev–Trinajstić information content (AvgIpc) is 3.15. The Hall–Kier alpha value is -2.88. The molecule has 3 aromatic rings. The molecule has 1 unspecified atom stereocenters. The first kappa shape index (κ1) is 23.8. The van der Waals surface area contributed by atoms with Gasteiger partial charge in [-0.15, -0.1) is 0 Å². The third-order valence-electron chi connectivity index (χ3n) is 5.60. The fourth-order valence-electron chi connectivity index (χ4n) is 4.31. The highest BCUT2D eigenvalue weighted by molar-refractivity contribution is 5.76. The summed E-state index contributed by atoms with van der Waals surface area (Å²) in [6.07, 6.45) is 3.58. The lowest BCUT2D eigenvalue weighted by molar-refractivity contribution is -0.133. The molecule has 1 aromatic heterocycles. The van der Waals surface area contributed by atoms with E-state index < -0.39 is 0 Å². The van der Waals surface area contributed by atoms with Gasteiger partial charge in [0, 0.05) is 31.4 Å². The minimum atomic E-state index is -0.231. The second kappa shape index (κ2) is 10.6. The summed E-state index contributed by atoms with van der Waals surface area (Å²) in [7, 11) is 0. The molecule has 1 heterocycles. The van der Waals surface area contributed by atoms with Crippen molar-refractivity contribution in [2.75, 3.05) is 0 Å². The van der Waals surface area contributed by atoms with E-state index >= 15 is 0 Å². The summed E-state index contributed by atoms with van der Waals surface area (Å²) >= 11 is 0. The molecule has 0 radical (unpaired) electrons. The van der Waals surface area contributed by atoms with Crippen molar-refractivity contribution in [3.05, 3.63) is 95.6 Å². The number of rotatable bonds is 9. The van der Waals surface area contributed by atoms with Crippen LogP contribution < -0.4 is 0 Å². The monoisotopic (exact) mass is 434 g/mol. The molecule has 0 aliphatic rings. The zero-order valence-electron chi connectivity index (χ0n) is 19.7. The number of carbonyl (C=O) groups excluding carboxylic acids is 1. The summed E-state index contributed by atoms with van der Waals surface area (Å²) in [5.41, 5.74) is 3.43. The lowest BCUT2D eigenvalue weighted by atomic mass is 9.84. The molecule has 0 saturated heterocycles. The Balaban J connectivity index is 1.76. The van der Waals surface area contributed by atoms with E-state index in [-0.39, 0.29) is 17.1 Å². The molecule has 0 aliphatic carbocycles. The summed E-state index contributed by atoms with van der Waals surface area (Å²) in [5.74, 6) is 0.275. The van der Waals surface area contributed by atoms with Gasteiger partial charge in [-0.2, -0.15) is 0 Å². The van der Waals surface area contributed by atoms with Gasteiger partial charge in [0.1, 0.15) is 5.82 Å². The molecule has 0 fully saturated rings. The maximum Gasteiger partial charge on any atom is 0.223 e. The van der Waals surface area contributed by atoms with E-state index in [2.05, 4.69) is 50.5 Å². The predicted molar refractivity (Wildman–Crippen MR) is 128 cm³/mol. The second-order valence-electron chi connectivity index (χ2n) is 10.1. The van der Waals surface area contributed by atoms with Crippen LogP contribution in [0.1, 0.15) is 57.4 Å². The van der Waals surface area contributed by atoms with Crippen LogP contribution >= 0.6 is 0 Å². The van der Waals surface area contributed by atoms with Gasteiger partial charge in [-0.1, -0.05) is 70.2 Å². The van der Waals surface area contributed by atoms with Crippen LogP contribution in [0.5, 0.6) is 0 Å². The van der Waals surface area contributed by atoms with E-state index in [0.717, 1.165) is 23.2 Å². The first-order valence-corrected chi connectivity index (χ1v) is 11.4. The third-order valence-corrected chi connectivity index (χ3v) is 5.60. The number of benzene rings is 2. The lowest BCUT2D eigenvalue weighted by Crippen LogP contribution is -2.32. The second-order valence-corrected chi connectivity index (χ2v) is 10.1. The summed E-state index contributed by atoms with van der Waals surface area (Å²) in [6.45, 7) is 10.6. The molecule has 3 rings (SSSR count). The van der Waals surface area contributed by atoms with E-state index in [1.807, 2.05) is 35.4 Å². The molecule has 0 spiro atoms. The molecule has 0 saturated carbocycles. The van der Waals surface area contributed by atoms with E-state index in [9.17, 15) is 9.18 Å². The van der Waals surface area contributed by atoms with Crippen LogP contribution in [-0.2, 0) is 24.4 Å². The topological polar surface area (TPSA) is 25.2 Å². The number of carbonyl (C=O) groups is 1. The molecular weight excluding hydrogens is 399 g/mol. The molecule has 3 nitrogen and oxygen atoms in total. The van der Waals surface area contributed by atoms with Crippen molar-refractivity contribution < 1.29 is 9.18 Å². The molecule has 1 amide bonds. The number of halogens is 1. The van der Waals surface area contributed by atoms with Gasteiger partial charge < -0.3 is 9.47 Å². The zero-order chi connectivity index (χ0) is 23.1. The molecule has 170 valence electrons.